The number of carbonyl (C=O) groups excluding carboxylic acids is 1. The maximum atomic E-state index is 10.8. The maximum absolute atomic E-state index is 10.8. The lowest BCUT2D eigenvalue weighted by molar-refractivity contribution is -0.177. The Bertz CT molecular complexity index is 249. The summed E-state index contributed by atoms with van der Waals surface area (Å²) in [7, 11) is 0. The molecular weight excluding hydrogens is 192 g/mol. The molecule has 3 fully saturated rings. The Hall–Kier alpha value is -0.570. The van der Waals surface area contributed by atoms with Gasteiger partial charge in [-0.25, -0.2) is 0 Å². The van der Waals surface area contributed by atoms with Crippen molar-refractivity contribution in [3.8, 4) is 0 Å². The van der Waals surface area contributed by atoms with E-state index in [0.717, 1.165) is 5.92 Å². The first-order valence-electron chi connectivity index (χ1n) is 6.06. The zero-order valence-electron chi connectivity index (χ0n) is 9.73. The zero-order chi connectivity index (χ0) is 11.0. The van der Waals surface area contributed by atoms with E-state index in [1.165, 1.54) is 26.2 Å². The van der Waals surface area contributed by atoms with Crippen LogP contribution in [-0.2, 0) is 14.3 Å². The van der Waals surface area contributed by atoms with E-state index in [-0.39, 0.29) is 12.3 Å². The van der Waals surface area contributed by atoms with E-state index < -0.39 is 0 Å². The van der Waals surface area contributed by atoms with E-state index in [1.807, 2.05) is 13.8 Å². The summed E-state index contributed by atoms with van der Waals surface area (Å²) in [6.45, 7) is 5.45. The van der Waals surface area contributed by atoms with Crippen molar-refractivity contribution >= 4 is 5.97 Å². The number of rotatable bonds is 1. The molecule has 0 N–H and O–H groups in total. The highest BCUT2D eigenvalue weighted by Gasteiger charge is 2.56. The molecule has 3 aliphatic rings. The van der Waals surface area contributed by atoms with Gasteiger partial charge in [-0.1, -0.05) is 13.8 Å². The van der Waals surface area contributed by atoms with Gasteiger partial charge < -0.3 is 9.47 Å². The Morgan fingerprint density at radius 2 is 1.87 bits per heavy atom. The van der Waals surface area contributed by atoms with Gasteiger partial charge in [0.1, 0.15) is 0 Å². The Balaban J connectivity index is 0.000000404. The molecule has 1 aliphatic heterocycles. The lowest BCUT2D eigenvalue weighted by Crippen LogP contribution is -2.22. The average molecular weight is 212 g/mol. The molecule has 0 aromatic heterocycles. The highest BCUT2D eigenvalue weighted by atomic mass is 16.7. The SMILES string of the molecule is CC.CC(=O)OC1OC2CC3CC2C1C3. The van der Waals surface area contributed by atoms with Crippen LogP contribution in [-0.4, -0.2) is 18.4 Å². The molecule has 0 spiro atoms. The van der Waals surface area contributed by atoms with Crippen LogP contribution in [0, 0.1) is 17.8 Å². The lowest BCUT2D eigenvalue weighted by atomic mass is 9.89. The number of fused-ring (bicyclic) bond motifs is 1. The first-order chi connectivity index (χ1) is 7.24. The summed E-state index contributed by atoms with van der Waals surface area (Å²) in [6, 6.07) is 0. The molecule has 2 aliphatic carbocycles. The van der Waals surface area contributed by atoms with Crippen LogP contribution in [0.1, 0.15) is 40.0 Å². The third kappa shape index (κ3) is 1.78. The molecule has 1 saturated heterocycles. The van der Waals surface area contributed by atoms with E-state index in [2.05, 4.69) is 0 Å². The fourth-order valence-electron chi connectivity index (χ4n) is 3.36. The van der Waals surface area contributed by atoms with Crippen molar-refractivity contribution in [3.63, 3.8) is 0 Å². The zero-order valence-corrected chi connectivity index (χ0v) is 9.73. The quantitative estimate of drug-likeness (QED) is 0.626. The van der Waals surface area contributed by atoms with Gasteiger partial charge >= 0.3 is 5.97 Å². The molecular formula is C12H20O3. The summed E-state index contributed by atoms with van der Waals surface area (Å²) in [4.78, 5) is 10.8. The van der Waals surface area contributed by atoms with Crippen LogP contribution in [0.5, 0.6) is 0 Å². The van der Waals surface area contributed by atoms with Gasteiger partial charge in [0.05, 0.1) is 6.10 Å². The summed E-state index contributed by atoms with van der Waals surface area (Å²) in [6.07, 6.45) is 3.87. The molecule has 2 saturated carbocycles. The summed E-state index contributed by atoms with van der Waals surface area (Å²) in [5, 5.41) is 0. The van der Waals surface area contributed by atoms with Crippen molar-refractivity contribution in [2.24, 2.45) is 17.8 Å². The van der Waals surface area contributed by atoms with Crippen LogP contribution in [0.4, 0.5) is 0 Å². The van der Waals surface area contributed by atoms with Crippen molar-refractivity contribution in [2.45, 2.75) is 52.4 Å². The second-order valence-electron chi connectivity index (χ2n) is 4.55. The third-order valence-electron chi connectivity index (χ3n) is 3.74. The summed E-state index contributed by atoms with van der Waals surface area (Å²) in [5.41, 5.74) is 0. The molecule has 3 heteroatoms. The van der Waals surface area contributed by atoms with Gasteiger partial charge in [-0.05, 0) is 31.1 Å². The van der Waals surface area contributed by atoms with Crippen LogP contribution in [0.15, 0.2) is 0 Å². The minimum absolute atomic E-state index is 0.213. The van der Waals surface area contributed by atoms with Gasteiger partial charge in [0, 0.05) is 12.8 Å². The van der Waals surface area contributed by atoms with Crippen molar-refractivity contribution in [1.82, 2.24) is 0 Å². The van der Waals surface area contributed by atoms with Gasteiger partial charge in [0.2, 0.25) is 6.29 Å². The number of hydrogen-bond acceptors (Lipinski definition) is 3. The van der Waals surface area contributed by atoms with E-state index in [0.29, 0.717) is 17.9 Å². The van der Waals surface area contributed by atoms with Crippen LogP contribution in [0.3, 0.4) is 0 Å². The predicted octanol–water partition coefficient (Wildman–Crippen LogP) is 2.35. The molecule has 5 unspecified atom stereocenters. The molecule has 86 valence electrons. The Kier molecular flexibility index (Phi) is 3.01. The monoisotopic (exact) mass is 212 g/mol. The first kappa shape index (κ1) is 10.9. The van der Waals surface area contributed by atoms with Crippen molar-refractivity contribution in [1.29, 1.82) is 0 Å². The predicted molar refractivity (Wildman–Crippen MR) is 56.1 cm³/mol. The largest absolute Gasteiger partial charge is 0.436 e. The topological polar surface area (TPSA) is 35.5 Å². The Morgan fingerprint density at radius 3 is 2.40 bits per heavy atom. The van der Waals surface area contributed by atoms with Gasteiger partial charge in [-0.15, -0.1) is 0 Å². The molecule has 0 aromatic carbocycles. The van der Waals surface area contributed by atoms with E-state index in [1.54, 1.807) is 0 Å². The number of carbonyl (C=O) groups is 1. The molecule has 15 heavy (non-hydrogen) atoms. The van der Waals surface area contributed by atoms with E-state index in [4.69, 9.17) is 9.47 Å². The molecule has 0 amide bonds. The van der Waals surface area contributed by atoms with Crippen molar-refractivity contribution in [2.75, 3.05) is 0 Å². The molecule has 3 nitrogen and oxygen atoms in total. The minimum atomic E-state index is -0.222. The van der Waals surface area contributed by atoms with Crippen LogP contribution in [0.2, 0.25) is 0 Å². The maximum Gasteiger partial charge on any atom is 0.304 e. The minimum Gasteiger partial charge on any atom is -0.436 e. The normalized spacial score (nSPS) is 44.9. The van der Waals surface area contributed by atoms with Crippen LogP contribution in [0.25, 0.3) is 0 Å². The van der Waals surface area contributed by atoms with E-state index in [9.17, 15) is 4.79 Å². The molecule has 1 heterocycles. The van der Waals surface area contributed by atoms with Crippen LogP contribution >= 0.6 is 0 Å². The number of esters is 1. The second-order valence-corrected chi connectivity index (χ2v) is 4.55. The van der Waals surface area contributed by atoms with Crippen molar-refractivity contribution < 1.29 is 14.3 Å². The third-order valence-corrected chi connectivity index (χ3v) is 3.74. The summed E-state index contributed by atoms with van der Waals surface area (Å²) < 4.78 is 10.9. The van der Waals surface area contributed by atoms with E-state index >= 15 is 0 Å². The smallest absolute Gasteiger partial charge is 0.304 e. The summed E-state index contributed by atoms with van der Waals surface area (Å²) >= 11 is 0. The highest BCUT2D eigenvalue weighted by molar-refractivity contribution is 5.66. The highest BCUT2D eigenvalue weighted by Crippen LogP contribution is 2.56. The molecule has 2 bridgehead atoms. The van der Waals surface area contributed by atoms with Gasteiger partial charge in [-0.2, -0.15) is 0 Å². The Morgan fingerprint density at radius 1 is 1.20 bits per heavy atom. The molecule has 0 radical (unpaired) electrons. The number of hydrogen-bond donors (Lipinski definition) is 0. The standard InChI is InChI=1S/C10H14O3.C2H6/c1-5(11)12-10-8-3-6-2-7(8)9(4-6)13-10;1-2/h6-10H,2-4H2,1H3;1-2H3. The first-order valence-corrected chi connectivity index (χ1v) is 6.06. The molecule has 0 aromatic rings. The molecule has 5 atom stereocenters. The Labute approximate surface area is 91.1 Å². The fraction of sp³-hybridized carbons (Fsp3) is 0.917. The summed E-state index contributed by atoms with van der Waals surface area (Å²) in [5.74, 6) is 1.83. The van der Waals surface area contributed by atoms with Gasteiger partial charge in [0.25, 0.3) is 0 Å². The average Bonchev–Trinajstić information content (AvgIpc) is 2.80. The fourth-order valence-corrected chi connectivity index (χ4v) is 3.36. The van der Waals surface area contributed by atoms with Crippen molar-refractivity contribution in [3.05, 3.63) is 0 Å². The number of ether oxygens (including phenoxy) is 2. The van der Waals surface area contributed by atoms with Crippen LogP contribution < -0.4 is 0 Å². The van der Waals surface area contributed by atoms with Gasteiger partial charge in [-0.3, -0.25) is 4.79 Å². The second kappa shape index (κ2) is 4.12. The molecule has 3 rings (SSSR count). The van der Waals surface area contributed by atoms with Gasteiger partial charge in [0.15, 0.2) is 0 Å². The lowest BCUT2D eigenvalue weighted by Gasteiger charge is -2.16.